The van der Waals surface area contributed by atoms with Crippen molar-refractivity contribution in [2.75, 3.05) is 13.2 Å². The Hall–Kier alpha value is -0.890. The maximum atomic E-state index is 12.0. The van der Waals surface area contributed by atoms with Crippen molar-refractivity contribution in [2.24, 2.45) is 0 Å². The number of sulfonamides is 1. The first-order valence-electron chi connectivity index (χ1n) is 6.33. The number of aryl methyl sites for hydroxylation is 2. The lowest BCUT2D eigenvalue weighted by molar-refractivity contribution is 0.320. The van der Waals surface area contributed by atoms with Crippen molar-refractivity contribution in [3.05, 3.63) is 45.2 Å². The molecule has 0 saturated carbocycles. The summed E-state index contributed by atoms with van der Waals surface area (Å²) in [6, 6.07) is 9.23. The standard InChI is InChI=1S/C14H16BrNO3S2/c1-10-3-4-11(2)12(9-10)19-8-7-16-21(17,18)14-6-5-13(15)20-14/h3-6,9,16H,7-8H2,1-2H3. The second-order valence-corrected chi connectivity index (χ2v) is 9.03. The first-order chi connectivity index (χ1) is 9.88. The predicted octanol–water partition coefficient (Wildman–Crippen LogP) is 3.48. The Kier molecular flexibility index (Phi) is 5.43. The van der Waals surface area contributed by atoms with Crippen LogP contribution in [0.15, 0.2) is 38.3 Å². The van der Waals surface area contributed by atoms with Gasteiger partial charge in [0.05, 0.1) is 3.79 Å². The molecule has 1 heterocycles. The molecule has 0 atom stereocenters. The summed E-state index contributed by atoms with van der Waals surface area (Å²) in [5.74, 6) is 0.785. The number of rotatable bonds is 6. The lowest BCUT2D eigenvalue weighted by Crippen LogP contribution is -2.27. The van der Waals surface area contributed by atoms with Gasteiger partial charge in [0.25, 0.3) is 0 Å². The molecular formula is C14H16BrNO3S2. The van der Waals surface area contributed by atoms with E-state index in [9.17, 15) is 8.42 Å². The molecule has 1 aromatic carbocycles. The minimum Gasteiger partial charge on any atom is -0.492 e. The van der Waals surface area contributed by atoms with Gasteiger partial charge < -0.3 is 4.74 Å². The molecule has 0 fully saturated rings. The molecule has 0 spiro atoms. The van der Waals surface area contributed by atoms with Gasteiger partial charge in [-0.05, 0) is 59.1 Å². The van der Waals surface area contributed by atoms with Gasteiger partial charge in [-0.2, -0.15) is 0 Å². The summed E-state index contributed by atoms with van der Waals surface area (Å²) in [6.07, 6.45) is 0. The van der Waals surface area contributed by atoms with Crippen LogP contribution in [-0.2, 0) is 10.0 Å². The third-order valence-corrected chi connectivity index (χ3v) is 6.39. The van der Waals surface area contributed by atoms with E-state index in [1.165, 1.54) is 11.3 Å². The lowest BCUT2D eigenvalue weighted by Gasteiger charge is -2.10. The summed E-state index contributed by atoms with van der Waals surface area (Å²) < 4.78 is 33.2. The first kappa shape index (κ1) is 16.5. The van der Waals surface area contributed by atoms with Crippen LogP contribution < -0.4 is 9.46 Å². The van der Waals surface area contributed by atoms with E-state index >= 15 is 0 Å². The number of benzene rings is 1. The van der Waals surface area contributed by atoms with Gasteiger partial charge in [-0.3, -0.25) is 0 Å². The van der Waals surface area contributed by atoms with Crippen LogP contribution in [-0.4, -0.2) is 21.6 Å². The average Bonchev–Trinajstić information content (AvgIpc) is 2.86. The molecule has 21 heavy (non-hydrogen) atoms. The van der Waals surface area contributed by atoms with E-state index in [0.29, 0.717) is 4.21 Å². The highest BCUT2D eigenvalue weighted by Crippen LogP contribution is 2.25. The molecule has 0 saturated heterocycles. The number of nitrogens with one attached hydrogen (secondary N) is 1. The monoisotopic (exact) mass is 389 g/mol. The van der Waals surface area contributed by atoms with Crippen LogP contribution in [0, 0.1) is 13.8 Å². The van der Waals surface area contributed by atoms with Crippen LogP contribution in [0.4, 0.5) is 0 Å². The van der Waals surface area contributed by atoms with Crippen LogP contribution in [0.5, 0.6) is 5.75 Å². The highest BCUT2D eigenvalue weighted by Gasteiger charge is 2.15. The summed E-state index contributed by atoms with van der Waals surface area (Å²) in [5.41, 5.74) is 2.14. The van der Waals surface area contributed by atoms with Crippen molar-refractivity contribution in [3.8, 4) is 5.75 Å². The smallest absolute Gasteiger partial charge is 0.250 e. The SMILES string of the molecule is Cc1ccc(C)c(OCCNS(=O)(=O)c2ccc(Br)s2)c1. The van der Waals surface area contributed by atoms with E-state index in [0.717, 1.165) is 20.7 Å². The highest BCUT2D eigenvalue weighted by atomic mass is 79.9. The summed E-state index contributed by atoms with van der Waals surface area (Å²) in [4.78, 5) is 0. The van der Waals surface area contributed by atoms with Gasteiger partial charge in [-0.1, -0.05) is 12.1 Å². The van der Waals surface area contributed by atoms with Crippen molar-refractivity contribution >= 4 is 37.3 Å². The molecular weight excluding hydrogens is 374 g/mol. The fourth-order valence-corrected chi connectivity index (χ4v) is 4.78. The van der Waals surface area contributed by atoms with E-state index in [1.54, 1.807) is 12.1 Å². The van der Waals surface area contributed by atoms with Crippen molar-refractivity contribution in [1.29, 1.82) is 0 Å². The van der Waals surface area contributed by atoms with Crippen LogP contribution in [0.2, 0.25) is 0 Å². The molecule has 0 bridgehead atoms. The van der Waals surface area contributed by atoms with E-state index in [1.807, 2.05) is 32.0 Å². The molecule has 0 aliphatic rings. The topological polar surface area (TPSA) is 55.4 Å². The van der Waals surface area contributed by atoms with E-state index in [-0.39, 0.29) is 13.2 Å². The van der Waals surface area contributed by atoms with E-state index in [4.69, 9.17) is 4.74 Å². The average molecular weight is 390 g/mol. The van der Waals surface area contributed by atoms with Crippen molar-refractivity contribution < 1.29 is 13.2 Å². The summed E-state index contributed by atoms with van der Waals surface area (Å²) in [6.45, 7) is 4.47. The second-order valence-electron chi connectivity index (χ2n) is 4.57. The zero-order valence-corrected chi connectivity index (χ0v) is 14.9. The number of hydrogen-bond acceptors (Lipinski definition) is 4. The zero-order chi connectivity index (χ0) is 15.5. The molecule has 114 valence electrons. The molecule has 0 aliphatic carbocycles. The molecule has 0 unspecified atom stereocenters. The Bertz CT molecular complexity index is 726. The Morgan fingerprint density at radius 1 is 1.24 bits per heavy atom. The van der Waals surface area contributed by atoms with Crippen LogP contribution in [0.25, 0.3) is 0 Å². The normalized spacial score (nSPS) is 11.6. The van der Waals surface area contributed by atoms with Crippen LogP contribution in [0.1, 0.15) is 11.1 Å². The Labute approximate surface area is 137 Å². The third kappa shape index (κ3) is 4.54. The van der Waals surface area contributed by atoms with Crippen LogP contribution in [0.3, 0.4) is 0 Å². The number of halogens is 1. The number of hydrogen-bond donors (Lipinski definition) is 1. The van der Waals surface area contributed by atoms with Gasteiger partial charge in [0.1, 0.15) is 16.6 Å². The Morgan fingerprint density at radius 3 is 2.67 bits per heavy atom. The minimum absolute atomic E-state index is 0.227. The summed E-state index contributed by atoms with van der Waals surface area (Å²) in [5, 5.41) is 0. The maximum Gasteiger partial charge on any atom is 0.250 e. The minimum atomic E-state index is -3.45. The molecule has 1 aromatic heterocycles. The quantitative estimate of drug-likeness (QED) is 0.769. The van der Waals surface area contributed by atoms with Gasteiger partial charge >= 0.3 is 0 Å². The molecule has 0 aliphatic heterocycles. The zero-order valence-electron chi connectivity index (χ0n) is 11.7. The second kappa shape index (κ2) is 6.91. The third-order valence-electron chi connectivity index (χ3n) is 2.81. The molecule has 1 N–H and O–H groups in total. The number of thiophene rings is 1. The molecule has 2 rings (SSSR count). The van der Waals surface area contributed by atoms with Gasteiger partial charge in [0.2, 0.25) is 10.0 Å². The molecule has 0 amide bonds. The summed E-state index contributed by atoms with van der Waals surface area (Å²) >= 11 is 4.43. The first-order valence-corrected chi connectivity index (χ1v) is 9.43. The van der Waals surface area contributed by atoms with Gasteiger partial charge in [-0.25, -0.2) is 13.1 Å². The molecule has 2 aromatic rings. The lowest BCUT2D eigenvalue weighted by atomic mass is 10.1. The molecule has 7 heteroatoms. The van der Waals surface area contributed by atoms with E-state index in [2.05, 4.69) is 20.7 Å². The number of ether oxygens (including phenoxy) is 1. The van der Waals surface area contributed by atoms with Crippen molar-refractivity contribution in [1.82, 2.24) is 4.72 Å². The van der Waals surface area contributed by atoms with E-state index < -0.39 is 10.0 Å². The van der Waals surface area contributed by atoms with Crippen LogP contribution >= 0.6 is 27.3 Å². The van der Waals surface area contributed by atoms with Crippen molar-refractivity contribution in [3.63, 3.8) is 0 Å². The van der Waals surface area contributed by atoms with Gasteiger partial charge in [0, 0.05) is 6.54 Å². The van der Waals surface area contributed by atoms with Gasteiger partial charge in [-0.15, -0.1) is 11.3 Å². The Morgan fingerprint density at radius 2 is 2.00 bits per heavy atom. The molecule has 0 radical (unpaired) electrons. The fourth-order valence-electron chi connectivity index (χ4n) is 1.71. The van der Waals surface area contributed by atoms with Crippen molar-refractivity contribution in [2.45, 2.75) is 18.1 Å². The summed E-state index contributed by atoms with van der Waals surface area (Å²) in [7, 11) is -3.45. The largest absolute Gasteiger partial charge is 0.492 e. The molecule has 4 nitrogen and oxygen atoms in total. The Balaban J connectivity index is 1.88. The predicted molar refractivity (Wildman–Crippen MR) is 88.6 cm³/mol. The highest BCUT2D eigenvalue weighted by molar-refractivity contribution is 9.11. The maximum absolute atomic E-state index is 12.0. The van der Waals surface area contributed by atoms with Gasteiger partial charge in [0.15, 0.2) is 0 Å². The fraction of sp³-hybridized carbons (Fsp3) is 0.286.